The number of fused-ring (bicyclic) bond motifs is 1. The van der Waals surface area contributed by atoms with E-state index in [2.05, 4.69) is 10.6 Å². The molecule has 0 aliphatic carbocycles. The molecule has 0 spiro atoms. The minimum atomic E-state index is -1.23. The molecule has 11 nitrogen and oxygen atoms in total. The van der Waals surface area contributed by atoms with E-state index in [0.717, 1.165) is 23.5 Å². The number of hydrogen-bond acceptors (Lipinski definition) is 7. The minimum Gasteiger partial charge on any atom is -0.480 e. The summed E-state index contributed by atoms with van der Waals surface area (Å²) in [5.74, 6) is -1.68. The van der Waals surface area contributed by atoms with Crippen molar-refractivity contribution in [3.8, 4) is 0 Å². The number of thioether (sulfide) groups is 1. The molecular formula is C20H30N4O7S. The first kappa shape index (κ1) is 24.3. The number of rotatable bonds is 12. The van der Waals surface area contributed by atoms with Crippen molar-refractivity contribution in [2.75, 3.05) is 12.3 Å². The summed E-state index contributed by atoms with van der Waals surface area (Å²) in [4.78, 5) is 59.3. The number of hydroxylamine groups is 2. The van der Waals surface area contributed by atoms with Gasteiger partial charge in [0.05, 0.1) is 12.1 Å². The molecule has 12 heteroatoms. The largest absolute Gasteiger partial charge is 0.480 e. The maximum Gasteiger partial charge on any atom is 0.326 e. The van der Waals surface area contributed by atoms with Crippen molar-refractivity contribution in [3.63, 3.8) is 0 Å². The molecule has 3 rings (SSSR count). The number of hydrogen-bond donors (Lipinski definition) is 4. The lowest BCUT2D eigenvalue weighted by atomic mass is 10.0. The summed E-state index contributed by atoms with van der Waals surface area (Å²) in [6.07, 6.45) is 3.40. The van der Waals surface area contributed by atoms with Crippen molar-refractivity contribution < 1.29 is 34.3 Å². The molecule has 4 atom stereocenters. The van der Waals surface area contributed by atoms with Gasteiger partial charge in [-0.25, -0.2) is 14.7 Å². The van der Waals surface area contributed by atoms with Crippen molar-refractivity contribution in [2.45, 2.75) is 81.2 Å². The number of carboxylic acid groups (broad SMARTS) is 1. The van der Waals surface area contributed by atoms with Crippen molar-refractivity contribution in [1.29, 1.82) is 0 Å². The Morgan fingerprint density at radius 1 is 1.09 bits per heavy atom. The second-order valence-electron chi connectivity index (χ2n) is 8.39. The van der Waals surface area contributed by atoms with E-state index in [1.54, 1.807) is 0 Å². The third-order valence-electron chi connectivity index (χ3n) is 6.14. The molecule has 0 aromatic rings. The molecule has 3 aliphatic rings. The van der Waals surface area contributed by atoms with Gasteiger partial charge in [-0.05, 0) is 32.1 Å². The highest BCUT2D eigenvalue weighted by Crippen LogP contribution is 2.33. The van der Waals surface area contributed by atoms with Crippen LogP contribution in [0.25, 0.3) is 0 Å². The zero-order valence-electron chi connectivity index (χ0n) is 17.8. The van der Waals surface area contributed by atoms with Crippen LogP contribution < -0.4 is 10.6 Å². The summed E-state index contributed by atoms with van der Waals surface area (Å²) < 4.78 is 0. The number of nitrogens with zero attached hydrogens (tertiary/aromatic N) is 2. The molecule has 3 aliphatic heterocycles. The lowest BCUT2D eigenvalue weighted by Gasteiger charge is -2.22. The third-order valence-corrected chi connectivity index (χ3v) is 7.65. The average Bonchev–Trinajstić information content (AvgIpc) is 3.39. The topological polar surface area (TPSA) is 156 Å². The highest BCUT2D eigenvalue weighted by molar-refractivity contribution is 8.00. The van der Waals surface area contributed by atoms with Crippen LogP contribution in [0.5, 0.6) is 0 Å². The lowest BCUT2D eigenvalue weighted by molar-refractivity contribution is -0.165. The van der Waals surface area contributed by atoms with E-state index >= 15 is 0 Å². The number of likely N-dealkylation sites (tertiary alicyclic amines) is 1. The molecule has 3 heterocycles. The summed E-state index contributed by atoms with van der Waals surface area (Å²) in [7, 11) is 0. The zero-order valence-corrected chi connectivity index (χ0v) is 18.6. The Labute approximate surface area is 190 Å². The fourth-order valence-electron chi connectivity index (χ4n) is 4.42. The van der Waals surface area contributed by atoms with E-state index in [1.165, 1.54) is 0 Å². The Kier molecular flexibility index (Phi) is 8.35. The number of carboxylic acids is 1. The third kappa shape index (κ3) is 5.91. The van der Waals surface area contributed by atoms with Gasteiger partial charge in [0.25, 0.3) is 0 Å². The molecular weight excluding hydrogens is 440 g/mol. The van der Waals surface area contributed by atoms with E-state index in [0.29, 0.717) is 29.6 Å². The van der Waals surface area contributed by atoms with Crippen molar-refractivity contribution in [1.82, 2.24) is 20.6 Å². The van der Waals surface area contributed by atoms with Crippen LogP contribution in [0.4, 0.5) is 4.79 Å². The van der Waals surface area contributed by atoms with Gasteiger partial charge in [-0.15, -0.1) is 0 Å². The van der Waals surface area contributed by atoms with E-state index in [4.69, 9.17) is 0 Å². The molecule has 4 N–H and O–H groups in total. The first-order valence-electron chi connectivity index (χ1n) is 11.0. The highest BCUT2D eigenvalue weighted by Gasteiger charge is 2.42. The molecule has 0 aromatic heterocycles. The van der Waals surface area contributed by atoms with Crippen molar-refractivity contribution in [3.05, 3.63) is 0 Å². The van der Waals surface area contributed by atoms with Gasteiger partial charge in [0, 0.05) is 36.8 Å². The molecule has 3 fully saturated rings. The monoisotopic (exact) mass is 470 g/mol. The number of urea groups is 1. The second kappa shape index (κ2) is 11.0. The van der Waals surface area contributed by atoms with Gasteiger partial charge in [-0.1, -0.05) is 6.42 Å². The maximum absolute atomic E-state index is 12.1. The normalized spacial score (nSPS) is 25.5. The van der Waals surface area contributed by atoms with Crippen LogP contribution in [0, 0.1) is 0 Å². The fourth-order valence-corrected chi connectivity index (χ4v) is 5.97. The van der Waals surface area contributed by atoms with Crippen LogP contribution in [0.15, 0.2) is 0 Å². The SMILES string of the molecule is O=C1N[C@H]2[C@H](CS[C@H]2CCCCC(=O)N(O)CCCCC(C(=O)O)N2C(=O)CCC2=O)N1. The molecule has 0 aromatic carbocycles. The molecule has 0 radical (unpaired) electrons. The number of carbonyl (C=O) groups excluding carboxylic acids is 4. The van der Waals surface area contributed by atoms with Gasteiger partial charge in [0.1, 0.15) is 6.04 Å². The number of aliphatic carboxylic acids is 1. The molecule has 178 valence electrons. The molecule has 32 heavy (non-hydrogen) atoms. The summed E-state index contributed by atoms with van der Waals surface area (Å²) in [5, 5.41) is 26.1. The quantitative estimate of drug-likeness (QED) is 0.107. The highest BCUT2D eigenvalue weighted by atomic mass is 32.2. The Morgan fingerprint density at radius 2 is 1.81 bits per heavy atom. The molecule has 3 saturated heterocycles. The van der Waals surface area contributed by atoms with Crippen LogP contribution in [-0.2, 0) is 19.2 Å². The van der Waals surface area contributed by atoms with Crippen LogP contribution in [-0.4, -0.2) is 85.7 Å². The first-order valence-corrected chi connectivity index (χ1v) is 12.1. The van der Waals surface area contributed by atoms with Crippen LogP contribution in [0.3, 0.4) is 0 Å². The summed E-state index contributed by atoms with van der Waals surface area (Å²) in [5.41, 5.74) is 0. The Hall–Kier alpha value is -2.34. The summed E-state index contributed by atoms with van der Waals surface area (Å²) >= 11 is 1.82. The molecule has 0 saturated carbocycles. The minimum absolute atomic E-state index is 0.0354. The van der Waals surface area contributed by atoms with Gasteiger partial charge in [0.2, 0.25) is 17.7 Å². The number of amides is 5. The number of unbranched alkanes of at least 4 members (excludes halogenated alkanes) is 2. The van der Waals surface area contributed by atoms with Crippen LogP contribution >= 0.6 is 11.8 Å². The lowest BCUT2D eigenvalue weighted by Crippen LogP contribution is -2.44. The van der Waals surface area contributed by atoms with Gasteiger partial charge in [-0.3, -0.25) is 24.5 Å². The Balaban J connectivity index is 1.29. The van der Waals surface area contributed by atoms with Gasteiger partial charge in [0.15, 0.2) is 0 Å². The van der Waals surface area contributed by atoms with Gasteiger partial charge in [-0.2, -0.15) is 11.8 Å². The molecule has 0 bridgehead atoms. The summed E-state index contributed by atoms with van der Waals surface area (Å²) in [6.45, 7) is 0.0625. The van der Waals surface area contributed by atoms with E-state index in [-0.39, 0.29) is 50.3 Å². The van der Waals surface area contributed by atoms with Gasteiger partial charge >= 0.3 is 12.0 Å². The fraction of sp³-hybridized carbons (Fsp3) is 0.750. The predicted molar refractivity (Wildman–Crippen MR) is 114 cm³/mol. The number of carbonyl (C=O) groups is 5. The predicted octanol–water partition coefficient (Wildman–Crippen LogP) is 0.703. The Bertz CT molecular complexity index is 748. The maximum atomic E-state index is 12.1. The van der Waals surface area contributed by atoms with E-state index in [1.807, 2.05) is 11.8 Å². The number of nitrogens with one attached hydrogen (secondary N) is 2. The van der Waals surface area contributed by atoms with E-state index in [9.17, 15) is 34.3 Å². The second-order valence-corrected chi connectivity index (χ2v) is 9.66. The molecule has 5 amide bonds. The standard InChI is InChI=1S/C20H30N4O7S/c25-15(7-2-1-6-14-18-12(11-32-14)21-20(30)22-18)23(31)10-4-3-5-13(19(28)29)24-16(26)8-9-17(24)27/h12-14,18,31H,1-11H2,(H,28,29)(H2,21,22,30)/t12-,13?,14-,18-/m0/s1. The smallest absolute Gasteiger partial charge is 0.326 e. The number of imide groups is 1. The van der Waals surface area contributed by atoms with Crippen LogP contribution in [0.2, 0.25) is 0 Å². The van der Waals surface area contributed by atoms with Crippen LogP contribution in [0.1, 0.15) is 57.8 Å². The first-order chi connectivity index (χ1) is 15.3. The van der Waals surface area contributed by atoms with Gasteiger partial charge < -0.3 is 15.7 Å². The van der Waals surface area contributed by atoms with Crippen molar-refractivity contribution >= 4 is 41.5 Å². The van der Waals surface area contributed by atoms with E-state index < -0.39 is 29.7 Å². The summed E-state index contributed by atoms with van der Waals surface area (Å²) in [6, 6.07) is -1.01. The Morgan fingerprint density at radius 3 is 2.50 bits per heavy atom. The average molecular weight is 471 g/mol. The van der Waals surface area contributed by atoms with Crippen molar-refractivity contribution in [2.24, 2.45) is 0 Å². The zero-order chi connectivity index (χ0) is 23.3. The molecule has 1 unspecified atom stereocenters.